The quantitative estimate of drug-likeness (QED) is 0.581. The standard InChI is InChI=1S/C16H26O3/c1-6-14-15-10(2)7-11(3)16(9-19-14,12(15)4)8-18-13(5)17/h7,11-12,14-15H,6,8-9H2,1-5H3/t11?,12?,14?,15-,16+/m0/s1. The molecule has 0 spiro atoms. The summed E-state index contributed by atoms with van der Waals surface area (Å²) in [6.07, 6.45) is 3.71. The van der Waals surface area contributed by atoms with Crippen LogP contribution in [0.15, 0.2) is 11.6 Å². The maximum atomic E-state index is 11.2. The molecule has 1 aliphatic carbocycles. The number of ether oxygens (including phenoxy) is 2. The largest absolute Gasteiger partial charge is 0.465 e. The summed E-state index contributed by atoms with van der Waals surface area (Å²) in [4.78, 5) is 11.2. The Morgan fingerprint density at radius 3 is 2.79 bits per heavy atom. The zero-order chi connectivity index (χ0) is 14.2. The summed E-state index contributed by atoms with van der Waals surface area (Å²) in [5.41, 5.74) is 1.38. The molecule has 0 radical (unpaired) electrons. The number of fused-ring (bicyclic) bond motifs is 2. The molecule has 0 aromatic heterocycles. The lowest BCUT2D eigenvalue weighted by Gasteiger charge is -2.55. The number of rotatable bonds is 3. The maximum absolute atomic E-state index is 11.2. The number of hydrogen-bond donors (Lipinski definition) is 0. The zero-order valence-corrected chi connectivity index (χ0v) is 12.7. The molecule has 0 amide bonds. The molecule has 5 atom stereocenters. The van der Waals surface area contributed by atoms with E-state index in [0.717, 1.165) is 6.42 Å². The van der Waals surface area contributed by atoms with Crippen molar-refractivity contribution in [1.29, 1.82) is 0 Å². The van der Waals surface area contributed by atoms with Crippen molar-refractivity contribution in [2.75, 3.05) is 13.2 Å². The fourth-order valence-corrected chi connectivity index (χ4v) is 3.99. The Kier molecular flexibility index (Phi) is 4.05. The third kappa shape index (κ3) is 2.33. The van der Waals surface area contributed by atoms with Gasteiger partial charge in [-0.2, -0.15) is 0 Å². The first-order valence-corrected chi connectivity index (χ1v) is 7.35. The average molecular weight is 266 g/mol. The van der Waals surface area contributed by atoms with Gasteiger partial charge in [0.1, 0.15) is 0 Å². The van der Waals surface area contributed by atoms with Gasteiger partial charge >= 0.3 is 5.97 Å². The van der Waals surface area contributed by atoms with Crippen molar-refractivity contribution in [2.24, 2.45) is 23.2 Å². The van der Waals surface area contributed by atoms with Crippen LogP contribution in [0.4, 0.5) is 0 Å². The third-order valence-corrected chi connectivity index (χ3v) is 5.30. The number of esters is 1. The van der Waals surface area contributed by atoms with E-state index in [1.165, 1.54) is 12.5 Å². The molecule has 3 unspecified atom stereocenters. The van der Waals surface area contributed by atoms with Crippen molar-refractivity contribution in [3.05, 3.63) is 11.6 Å². The van der Waals surface area contributed by atoms with E-state index < -0.39 is 0 Å². The van der Waals surface area contributed by atoms with E-state index in [9.17, 15) is 4.79 Å². The van der Waals surface area contributed by atoms with Crippen LogP contribution in [0.25, 0.3) is 0 Å². The summed E-state index contributed by atoms with van der Waals surface area (Å²) >= 11 is 0. The van der Waals surface area contributed by atoms with Gasteiger partial charge in [0.05, 0.1) is 19.3 Å². The van der Waals surface area contributed by atoms with Crippen molar-refractivity contribution >= 4 is 5.97 Å². The predicted molar refractivity (Wildman–Crippen MR) is 74.7 cm³/mol. The molecule has 0 aromatic carbocycles. The predicted octanol–water partition coefficient (Wildman–Crippen LogP) is 3.19. The molecule has 3 nitrogen and oxygen atoms in total. The van der Waals surface area contributed by atoms with E-state index in [2.05, 4.69) is 33.8 Å². The van der Waals surface area contributed by atoms with Gasteiger partial charge in [-0.15, -0.1) is 0 Å². The SMILES string of the molecule is CCC1OC[C@]2(COC(C)=O)C(C)C=C(C)[C@H]1C2C. The molecule has 0 saturated carbocycles. The summed E-state index contributed by atoms with van der Waals surface area (Å²) in [7, 11) is 0. The minimum absolute atomic E-state index is 0.0541. The van der Waals surface area contributed by atoms with Crippen LogP contribution in [0.3, 0.4) is 0 Å². The topological polar surface area (TPSA) is 35.5 Å². The minimum atomic E-state index is -0.200. The molecule has 3 heteroatoms. The first kappa shape index (κ1) is 14.6. The monoisotopic (exact) mass is 266 g/mol. The lowest BCUT2D eigenvalue weighted by Crippen LogP contribution is -2.56. The molecule has 108 valence electrons. The van der Waals surface area contributed by atoms with Gasteiger partial charge in [-0.1, -0.05) is 32.4 Å². The molecular formula is C16H26O3. The second kappa shape index (κ2) is 5.28. The van der Waals surface area contributed by atoms with Gasteiger partial charge in [0.25, 0.3) is 0 Å². The van der Waals surface area contributed by atoms with Crippen molar-refractivity contribution in [2.45, 2.75) is 47.1 Å². The van der Waals surface area contributed by atoms with Gasteiger partial charge < -0.3 is 9.47 Å². The first-order valence-electron chi connectivity index (χ1n) is 7.35. The van der Waals surface area contributed by atoms with Crippen molar-refractivity contribution in [3.8, 4) is 0 Å². The number of hydrogen-bond acceptors (Lipinski definition) is 3. The third-order valence-electron chi connectivity index (χ3n) is 5.30. The summed E-state index contributed by atoms with van der Waals surface area (Å²) < 4.78 is 11.5. The van der Waals surface area contributed by atoms with Crippen molar-refractivity contribution < 1.29 is 14.3 Å². The van der Waals surface area contributed by atoms with Gasteiger partial charge in [-0.3, -0.25) is 4.79 Å². The number of carbonyl (C=O) groups excluding carboxylic acids is 1. The van der Waals surface area contributed by atoms with Gasteiger partial charge in [0, 0.05) is 18.3 Å². The Hall–Kier alpha value is -0.830. The van der Waals surface area contributed by atoms with E-state index in [1.54, 1.807) is 0 Å². The molecule has 1 heterocycles. The molecule has 0 aromatic rings. The lowest BCUT2D eigenvalue weighted by molar-refractivity contribution is -0.179. The second-order valence-corrected chi connectivity index (χ2v) is 6.28. The Morgan fingerprint density at radius 1 is 1.53 bits per heavy atom. The molecule has 2 rings (SSSR count). The van der Waals surface area contributed by atoms with Crippen LogP contribution in [0.5, 0.6) is 0 Å². The Bertz CT molecular complexity index is 387. The average Bonchev–Trinajstić information content (AvgIpc) is 2.34. The highest BCUT2D eigenvalue weighted by Crippen LogP contribution is 2.53. The van der Waals surface area contributed by atoms with Gasteiger partial charge in [0.15, 0.2) is 0 Å². The van der Waals surface area contributed by atoms with Gasteiger partial charge in [-0.05, 0) is 25.2 Å². The summed E-state index contributed by atoms with van der Waals surface area (Å²) in [6, 6.07) is 0. The number of carbonyl (C=O) groups is 1. The zero-order valence-electron chi connectivity index (χ0n) is 12.7. The smallest absolute Gasteiger partial charge is 0.302 e. The number of allylic oxidation sites excluding steroid dienone is 1. The molecule has 2 bridgehead atoms. The van der Waals surface area contributed by atoms with E-state index in [4.69, 9.17) is 9.47 Å². The summed E-state index contributed by atoms with van der Waals surface area (Å²) in [5, 5.41) is 0. The highest BCUT2D eigenvalue weighted by Gasteiger charge is 2.53. The van der Waals surface area contributed by atoms with E-state index >= 15 is 0 Å². The van der Waals surface area contributed by atoms with Crippen molar-refractivity contribution in [3.63, 3.8) is 0 Å². The molecule has 0 N–H and O–H groups in total. The van der Waals surface area contributed by atoms with Gasteiger partial charge in [0.2, 0.25) is 0 Å². The van der Waals surface area contributed by atoms with Crippen LogP contribution in [0.2, 0.25) is 0 Å². The van der Waals surface area contributed by atoms with Gasteiger partial charge in [-0.25, -0.2) is 0 Å². The second-order valence-electron chi connectivity index (χ2n) is 6.28. The molecule has 19 heavy (non-hydrogen) atoms. The molecule has 1 saturated heterocycles. The summed E-state index contributed by atoms with van der Waals surface area (Å²) in [6.45, 7) is 11.6. The Labute approximate surface area is 116 Å². The van der Waals surface area contributed by atoms with Crippen LogP contribution in [0.1, 0.15) is 41.0 Å². The van der Waals surface area contributed by atoms with E-state index in [-0.39, 0.29) is 11.4 Å². The highest BCUT2D eigenvalue weighted by molar-refractivity contribution is 5.65. The lowest BCUT2D eigenvalue weighted by atomic mass is 9.56. The molecule has 1 aliphatic heterocycles. The van der Waals surface area contributed by atoms with Crippen LogP contribution in [0, 0.1) is 23.2 Å². The highest BCUT2D eigenvalue weighted by atomic mass is 16.5. The molecule has 2 aliphatic rings. The fraction of sp³-hybridized carbons (Fsp3) is 0.812. The molecular weight excluding hydrogens is 240 g/mol. The Morgan fingerprint density at radius 2 is 2.21 bits per heavy atom. The Balaban J connectivity index is 2.31. The fourth-order valence-electron chi connectivity index (χ4n) is 3.99. The summed E-state index contributed by atoms with van der Waals surface area (Å²) in [5.74, 6) is 1.14. The van der Waals surface area contributed by atoms with Crippen LogP contribution < -0.4 is 0 Å². The maximum Gasteiger partial charge on any atom is 0.302 e. The minimum Gasteiger partial charge on any atom is -0.465 e. The van der Waals surface area contributed by atoms with Crippen LogP contribution in [-0.2, 0) is 14.3 Å². The van der Waals surface area contributed by atoms with E-state index in [0.29, 0.717) is 37.1 Å². The van der Waals surface area contributed by atoms with Crippen LogP contribution in [-0.4, -0.2) is 25.3 Å². The van der Waals surface area contributed by atoms with Crippen molar-refractivity contribution in [1.82, 2.24) is 0 Å². The van der Waals surface area contributed by atoms with Crippen LogP contribution >= 0.6 is 0 Å². The molecule has 1 fully saturated rings. The first-order chi connectivity index (χ1) is 8.92. The normalized spacial score (nSPS) is 41.6. The van der Waals surface area contributed by atoms with E-state index in [1.807, 2.05) is 0 Å².